The van der Waals surface area contributed by atoms with Crippen LogP contribution in [0.5, 0.6) is 0 Å². The van der Waals surface area contributed by atoms with E-state index in [1.807, 2.05) is 0 Å². The van der Waals surface area contributed by atoms with E-state index in [2.05, 4.69) is 9.97 Å². The number of para-hydroxylation sites is 2. The summed E-state index contributed by atoms with van der Waals surface area (Å²) in [5.41, 5.74) is 0.827. The van der Waals surface area contributed by atoms with Crippen molar-refractivity contribution in [2.75, 3.05) is 0 Å². The van der Waals surface area contributed by atoms with Crippen molar-refractivity contribution in [3.05, 3.63) is 57.7 Å². The highest BCUT2D eigenvalue weighted by atomic mass is 16.4. The van der Waals surface area contributed by atoms with Gasteiger partial charge in [0, 0.05) is 13.0 Å². The van der Waals surface area contributed by atoms with Gasteiger partial charge in [0.2, 0.25) is 0 Å². The Balaban J connectivity index is 2.12. The number of aliphatic hydroxyl groups excluding tert-OH is 1. The highest BCUT2D eigenvalue weighted by molar-refractivity contribution is 5.77. The standard InChI is InChI=1S/C15H12N2O4/c1-8-14(20-9(2)16-8)12(18)7-11-15(19)21-13-6-4-3-5-10(13)17-11/h3-7,18H,1-2H3/b12-7-. The molecule has 2 aromatic heterocycles. The Morgan fingerprint density at radius 2 is 1.95 bits per heavy atom. The van der Waals surface area contributed by atoms with Crippen LogP contribution < -0.4 is 5.63 Å². The summed E-state index contributed by atoms with van der Waals surface area (Å²) >= 11 is 0. The minimum Gasteiger partial charge on any atom is -0.504 e. The zero-order chi connectivity index (χ0) is 15.0. The van der Waals surface area contributed by atoms with Gasteiger partial charge in [-0.05, 0) is 19.1 Å². The average molecular weight is 284 g/mol. The Morgan fingerprint density at radius 1 is 1.19 bits per heavy atom. The largest absolute Gasteiger partial charge is 0.504 e. The Kier molecular flexibility index (Phi) is 3.06. The van der Waals surface area contributed by atoms with Crippen molar-refractivity contribution in [3.8, 4) is 0 Å². The number of fused-ring (bicyclic) bond motifs is 1. The molecule has 0 radical (unpaired) electrons. The molecule has 106 valence electrons. The predicted octanol–water partition coefficient (Wildman–Crippen LogP) is 2.85. The Hall–Kier alpha value is -2.89. The normalized spacial score (nSPS) is 12.0. The molecule has 3 rings (SSSR count). The van der Waals surface area contributed by atoms with Gasteiger partial charge in [-0.25, -0.2) is 14.8 Å². The summed E-state index contributed by atoms with van der Waals surface area (Å²) < 4.78 is 10.4. The van der Waals surface area contributed by atoms with Crippen molar-refractivity contribution in [1.29, 1.82) is 0 Å². The Bertz CT molecular complexity index is 905. The predicted molar refractivity (Wildman–Crippen MR) is 76.8 cm³/mol. The van der Waals surface area contributed by atoms with Crippen LogP contribution in [0.25, 0.3) is 22.9 Å². The monoisotopic (exact) mass is 284 g/mol. The first-order valence-corrected chi connectivity index (χ1v) is 6.29. The van der Waals surface area contributed by atoms with Crippen LogP contribution in [0, 0.1) is 13.8 Å². The van der Waals surface area contributed by atoms with Crippen LogP contribution in [0.15, 0.2) is 37.9 Å². The molecule has 0 spiro atoms. The van der Waals surface area contributed by atoms with Crippen LogP contribution in [-0.4, -0.2) is 15.1 Å². The van der Waals surface area contributed by atoms with Crippen molar-refractivity contribution < 1.29 is 13.9 Å². The van der Waals surface area contributed by atoms with Crippen molar-refractivity contribution in [2.45, 2.75) is 13.8 Å². The molecule has 0 fully saturated rings. The number of aromatic nitrogens is 2. The lowest BCUT2D eigenvalue weighted by Crippen LogP contribution is -2.06. The van der Waals surface area contributed by atoms with Crippen molar-refractivity contribution in [2.24, 2.45) is 0 Å². The lowest BCUT2D eigenvalue weighted by atomic mass is 10.2. The SMILES string of the molecule is Cc1nc(C)c(/C(O)=C/c2nc3ccccc3oc2=O)o1. The second kappa shape index (κ2) is 4.90. The minimum absolute atomic E-state index is 0.000321. The van der Waals surface area contributed by atoms with Crippen molar-refractivity contribution in [3.63, 3.8) is 0 Å². The van der Waals surface area contributed by atoms with Gasteiger partial charge in [0.25, 0.3) is 0 Å². The summed E-state index contributed by atoms with van der Waals surface area (Å²) in [4.78, 5) is 20.1. The number of aryl methyl sites for hydroxylation is 2. The third-order valence-electron chi connectivity index (χ3n) is 2.93. The molecule has 0 aliphatic rings. The average Bonchev–Trinajstić information content (AvgIpc) is 2.78. The fourth-order valence-corrected chi connectivity index (χ4v) is 2.02. The molecule has 0 amide bonds. The molecular weight excluding hydrogens is 272 g/mol. The fraction of sp³-hybridized carbons (Fsp3) is 0.133. The van der Waals surface area contributed by atoms with Gasteiger partial charge in [0.05, 0.1) is 5.69 Å². The van der Waals surface area contributed by atoms with Crippen molar-refractivity contribution >= 4 is 22.9 Å². The molecule has 6 heteroatoms. The molecule has 1 N–H and O–H groups in total. The summed E-state index contributed by atoms with van der Waals surface area (Å²) in [5, 5.41) is 10.1. The zero-order valence-corrected chi connectivity index (χ0v) is 11.5. The van der Waals surface area contributed by atoms with Gasteiger partial charge in [-0.15, -0.1) is 0 Å². The van der Waals surface area contributed by atoms with Crippen molar-refractivity contribution in [1.82, 2.24) is 9.97 Å². The summed E-state index contributed by atoms with van der Waals surface area (Å²) in [5.74, 6) is 0.422. The second-order valence-corrected chi connectivity index (χ2v) is 4.53. The van der Waals surface area contributed by atoms with E-state index >= 15 is 0 Å². The summed E-state index contributed by atoms with van der Waals surface area (Å²) in [6, 6.07) is 6.91. The molecule has 6 nitrogen and oxygen atoms in total. The van der Waals surface area contributed by atoms with E-state index in [0.717, 1.165) is 0 Å². The Labute approximate surface area is 119 Å². The number of nitrogens with zero attached hydrogens (tertiary/aromatic N) is 2. The van der Waals surface area contributed by atoms with Gasteiger partial charge in [-0.3, -0.25) is 0 Å². The smallest absolute Gasteiger partial charge is 0.362 e. The minimum atomic E-state index is -0.630. The highest BCUT2D eigenvalue weighted by Crippen LogP contribution is 2.19. The number of rotatable bonds is 2. The molecule has 0 aliphatic carbocycles. The first kappa shape index (κ1) is 13.1. The molecule has 3 aromatic rings. The van der Waals surface area contributed by atoms with E-state index in [1.54, 1.807) is 38.1 Å². The number of aliphatic hydroxyl groups is 1. The van der Waals surface area contributed by atoms with Gasteiger partial charge in [0.15, 0.2) is 28.7 Å². The molecule has 21 heavy (non-hydrogen) atoms. The van der Waals surface area contributed by atoms with Gasteiger partial charge in [-0.2, -0.15) is 0 Å². The maximum atomic E-state index is 11.9. The first-order chi connectivity index (χ1) is 10.0. The van der Waals surface area contributed by atoms with Crippen LogP contribution in [0.1, 0.15) is 23.0 Å². The zero-order valence-electron chi connectivity index (χ0n) is 11.5. The van der Waals surface area contributed by atoms with Crippen LogP contribution >= 0.6 is 0 Å². The number of oxazole rings is 1. The maximum absolute atomic E-state index is 11.9. The van der Waals surface area contributed by atoms with Crippen LogP contribution in [0.2, 0.25) is 0 Å². The Morgan fingerprint density at radius 3 is 2.67 bits per heavy atom. The van der Waals surface area contributed by atoms with Gasteiger partial charge < -0.3 is 13.9 Å². The summed E-state index contributed by atoms with van der Waals surface area (Å²) in [6.45, 7) is 3.37. The molecule has 0 atom stereocenters. The van der Waals surface area contributed by atoms with Crippen LogP contribution in [-0.2, 0) is 0 Å². The van der Waals surface area contributed by atoms with E-state index in [4.69, 9.17) is 8.83 Å². The molecule has 0 aliphatic heterocycles. The van der Waals surface area contributed by atoms with E-state index in [0.29, 0.717) is 22.7 Å². The van der Waals surface area contributed by atoms with Gasteiger partial charge in [0.1, 0.15) is 5.52 Å². The lowest BCUT2D eigenvalue weighted by molar-refractivity contribution is 0.446. The molecule has 0 saturated carbocycles. The van der Waals surface area contributed by atoms with E-state index in [-0.39, 0.29) is 17.2 Å². The fourth-order valence-electron chi connectivity index (χ4n) is 2.02. The third kappa shape index (κ3) is 2.43. The number of hydrogen-bond acceptors (Lipinski definition) is 6. The molecular formula is C15H12N2O4. The van der Waals surface area contributed by atoms with E-state index < -0.39 is 5.63 Å². The number of hydrogen-bond donors (Lipinski definition) is 1. The first-order valence-electron chi connectivity index (χ1n) is 6.29. The second-order valence-electron chi connectivity index (χ2n) is 4.53. The molecule has 0 unspecified atom stereocenters. The topological polar surface area (TPSA) is 89.4 Å². The molecule has 2 heterocycles. The van der Waals surface area contributed by atoms with Crippen LogP contribution in [0.3, 0.4) is 0 Å². The maximum Gasteiger partial charge on any atom is 0.362 e. The quantitative estimate of drug-likeness (QED) is 0.728. The van der Waals surface area contributed by atoms with E-state index in [9.17, 15) is 9.90 Å². The lowest BCUT2D eigenvalue weighted by Gasteiger charge is -1.99. The molecule has 1 aromatic carbocycles. The molecule has 0 bridgehead atoms. The van der Waals surface area contributed by atoms with Gasteiger partial charge >= 0.3 is 5.63 Å². The number of benzene rings is 1. The van der Waals surface area contributed by atoms with Gasteiger partial charge in [-0.1, -0.05) is 12.1 Å². The summed E-state index contributed by atoms with van der Waals surface area (Å²) in [6.07, 6.45) is 1.21. The molecule has 0 saturated heterocycles. The third-order valence-corrected chi connectivity index (χ3v) is 2.93. The van der Waals surface area contributed by atoms with Crippen LogP contribution in [0.4, 0.5) is 0 Å². The summed E-state index contributed by atoms with van der Waals surface area (Å²) in [7, 11) is 0. The highest BCUT2D eigenvalue weighted by Gasteiger charge is 2.13. The van der Waals surface area contributed by atoms with E-state index in [1.165, 1.54) is 6.08 Å².